The number of carboxylic acid groups (broad SMARTS) is 1. The van der Waals surface area contributed by atoms with Crippen LogP contribution in [0.2, 0.25) is 0 Å². The van der Waals surface area contributed by atoms with Gasteiger partial charge in [0.1, 0.15) is 0 Å². The summed E-state index contributed by atoms with van der Waals surface area (Å²) in [4.78, 5) is 10.8. The maximum absolute atomic E-state index is 10.8. The summed E-state index contributed by atoms with van der Waals surface area (Å²) in [7, 11) is 0. The first-order chi connectivity index (χ1) is 7.30. The van der Waals surface area contributed by atoms with E-state index < -0.39 is 5.97 Å². The molecule has 0 aliphatic rings. The van der Waals surface area contributed by atoms with Crippen LogP contribution in [-0.2, 0) is 4.79 Å². The molecule has 0 bridgehead atoms. The quantitative estimate of drug-likeness (QED) is 0.592. The summed E-state index contributed by atoms with van der Waals surface area (Å²) in [6.45, 7) is 8.82. The lowest BCUT2D eigenvalue weighted by atomic mass is 9.87. The molecular weight excluding hydrogens is 206 g/mol. The van der Waals surface area contributed by atoms with E-state index in [-0.39, 0.29) is 24.0 Å². The maximum atomic E-state index is 10.8. The smallest absolute Gasteiger partial charge is 0.307 e. The molecule has 16 heavy (non-hydrogen) atoms. The third-order valence-electron chi connectivity index (χ3n) is 3.05. The lowest BCUT2D eigenvalue weighted by molar-refractivity contribution is -0.142. The van der Waals surface area contributed by atoms with E-state index in [1.54, 1.807) is 6.92 Å². The van der Waals surface area contributed by atoms with Crippen molar-refractivity contribution in [2.75, 3.05) is 13.2 Å². The van der Waals surface area contributed by atoms with Gasteiger partial charge < -0.3 is 15.5 Å². The van der Waals surface area contributed by atoms with Gasteiger partial charge in [-0.3, -0.25) is 4.79 Å². The van der Waals surface area contributed by atoms with Crippen LogP contribution in [0.15, 0.2) is 0 Å². The molecule has 0 aromatic carbocycles. The highest BCUT2D eigenvalue weighted by molar-refractivity contribution is 5.70. The predicted octanol–water partition coefficient (Wildman–Crippen LogP) is 1.48. The Morgan fingerprint density at radius 1 is 1.38 bits per heavy atom. The minimum atomic E-state index is -0.770. The molecule has 96 valence electrons. The van der Waals surface area contributed by atoms with Crippen molar-refractivity contribution in [3.63, 3.8) is 0 Å². The van der Waals surface area contributed by atoms with E-state index in [1.807, 2.05) is 6.92 Å². The summed E-state index contributed by atoms with van der Waals surface area (Å²) in [5, 5.41) is 20.9. The topological polar surface area (TPSA) is 69.6 Å². The zero-order valence-electron chi connectivity index (χ0n) is 10.8. The Morgan fingerprint density at radius 2 is 1.94 bits per heavy atom. The number of carbonyl (C=O) groups is 1. The highest BCUT2D eigenvalue weighted by atomic mass is 16.4. The third kappa shape index (κ3) is 6.08. The van der Waals surface area contributed by atoms with E-state index in [1.165, 1.54) is 0 Å². The largest absolute Gasteiger partial charge is 0.481 e. The molecule has 0 aliphatic heterocycles. The third-order valence-corrected chi connectivity index (χ3v) is 3.05. The Hall–Kier alpha value is -0.610. The molecule has 0 amide bonds. The van der Waals surface area contributed by atoms with E-state index in [0.29, 0.717) is 0 Å². The van der Waals surface area contributed by atoms with Crippen LogP contribution < -0.4 is 5.32 Å². The second-order valence-electron chi connectivity index (χ2n) is 5.29. The first kappa shape index (κ1) is 15.4. The van der Waals surface area contributed by atoms with Gasteiger partial charge in [0, 0.05) is 19.2 Å². The zero-order chi connectivity index (χ0) is 12.8. The van der Waals surface area contributed by atoms with Crippen molar-refractivity contribution in [2.24, 2.45) is 11.3 Å². The van der Waals surface area contributed by atoms with Gasteiger partial charge in [-0.15, -0.1) is 0 Å². The molecule has 0 spiro atoms. The molecule has 2 atom stereocenters. The van der Waals surface area contributed by atoms with Gasteiger partial charge in [0.05, 0.1) is 5.92 Å². The van der Waals surface area contributed by atoms with Crippen LogP contribution in [0.4, 0.5) is 0 Å². The van der Waals surface area contributed by atoms with Gasteiger partial charge in [0.2, 0.25) is 0 Å². The van der Waals surface area contributed by atoms with Gasteiger partial charge in [-0.05, 0) is 25.2 Å². The SMILES string of the molecule is CC(NCC(C)(C)CCCO)C(C)C(=O)O. The molecule has 0 aliphatic carbocycles. The summed E-state index contributed by atoms with van der Waals surface area (Å²) in [6.07, 6.45) is 1.72. The van der Waals surface area contributed by atoms with Crippen LogP contribution in [0.1, 0.15) is 40.5 Å². The predicted molar refractivity (Wildman–Crippen MR) is 64.4 cm³/mol. The number of nitrogens with one attached hydrogen (secondary N) is 1. The molecule has 4 nitrogen and oxygen atoms in total. The van der Waals surface area contributed by atoms with E-state index in [9.17, 15) is 4.79 Å². The van der Waals surface area contributed by atoms with Crippen LogP contribution in [0.3, 0.4) is 0 Å². The van der Waals surface area contributed by atoms with E-state index in [0.717, 1.165) is 19.4 Å². The summed E-state index contributed by atoms with van der Waals surface area (Å²) in [5.41, 5.74) is 0.0925. The zero-order valence-corrected chi connectivity index (χ0v) is 10.8. The monoisotopic (exact) mass is 231 g/mol. The number of carboxylic acids is 1. The van der Waals surface area contributed by atoms with Crippen molar-refractivity contribution in [3.05, 3.63) is 0 Å². The molecule has 2 unspecified atom stereocenters. The van der Waals surface area contributed by atoms with Crippen LogP contribution in [-0.4, -0.2) is 35.4 Å². The number of aliphatic hydroxyl groups is 1. The summed E-state index contributed by atoms with van der Waals surface area (Å²) in [6, 6.07) is -0.0362. The molecule has 0 rings (SSSR count). The maximum Gasteiger partial charge on any atom is 0.307 e. The Kier molecular flexibility index (Phi) is 6.60. The fraction of sp³-hybridized carbons (Fsp3) is 0.917. The van der Waals surface area contributed by atoms with Gasteiger partial charge in [-0.2, -0.15) is 0 Å². The van der Waals surface area contributed by atoms with Crippen LogP contribution in [0, 0.1) is 11.3 Å². The van der Waals surface area contributed by atoms with Crippen molar-refractivity contribution in [1.82, 2.24) is 5.32 Å². The fourth-order valence-corrected chi connectivity index (χ4v) is 1.47. The Bertz CT molecular complexity index is 216. The standard InChI is InChI=1S/C12H25NO3/c1-9(11(15)16)10(2)13-8-12(3,4)6-5-7-14/h9-10,13-14H,5-8H2,1-4H3,(H,15,16). The molecule has 0 radical (unpaired) electrons. The number of hydrogen-bond donors (Lipinski definition) is 3. The Balaban J connectivity index is 3.98. The number of hydrogen-bond acceptors (Lipinski definition) is 3. The minimum Gasteiger partial charge on any atom is -0.481 e. The minimum absolute atomic E-state index is 0.0362. The molecule has 0 saturated heterocycles. The second-order valence-corrected chi connectivity index (χ2v) is 5.29. The molecule has 0 heterocycles. The van der Waals surface area contributed by atoms with Crippen molar-refractivity contribution in [3.8, 4) is 0 Å². The molecule has 0 saturated carbocycles. The molecule has 3 N–H and O–H groups in total. The highest BCUT2D eigenvalue weighted by Gasteiger charge is 2.22. The summed E-state index contributed by atoms with van der Waals surface area (Å²) in [5.74, 6) is -1.15. The Labute approximate surface area is 98.1 Å². The first-order valence-corrected chi connectivity index (χ1v) is 5.87. The number of rotatable bonds is 8. The fourth-order valence-electron chi connectivity index (χ4n) is 1.47. The highest BCUT2D eigenvalue weighted by Crippen LogP contribution is 2.21. The molecular formula is C12H25NO3. The van der Waals surface area contributed by atoms with E-state index >= 15 is 0 Å². The van der Waals surface area contributed by atoms with Gasteiger partial charge in [-0.1, -0.05) is 20.8 Å². The van der Waals surface area contributed by atoms with Crippen molar-refractivity contribution >= 4 is 5.97 Å². The number of aliphatic carboxylic acids is 1. The van der Waals surface area contributed by atoms with Crippen molar-refractivity contribution in [1.29, 1.82) is 0 Å². The molecule has 0 aromatic rings. The average Bonchev–Trinajstić information content (AvgIpc) is 2.22. The average molecular weight is 231 g/mol. The first-order valence-electron chi connectivity index (χ1n) is 5.87. The Morgan fingerprint density at radius 3 is 2.38 bits per heavy atom. The molecule has 0 aromatic heterocycles. The van der Waals surface area contributed by atoms with Gasteiger partial charge in [-0.25, -0.2) is 0 Å². The lowest BCUT2D eigenvalue weighted by Gasteiger charge is -2.28. The summed E-state index contributed by atoms with van der Waals surface area (Å²) < 4.78 is 0. The van der Waals surface area contributed by atoms with Crippen LogP contribution in [0.5, 0.6) is 0 Å². The van der Waals surface area contributed by atoms with E-state index in [4.69, 9.17) is 10.2 Å². The summed E-state index contributed by atoms with van der Waals surface area (Å²) >= 11 is 0. The lowest BCUT2D eigenvalue weighted by Crippen LogP contribution is -2.41. The van der Waals surface area contributed by atoms with Crippen molar-refractivity contribution in [2.45, 2.75) is 46.6 Å². The van der Waals surface area contributed by atoms with Gasteiger partial charge >= 0.3 is 5.97 Å². The van der Waals surface area contributed by atoms with Gasteiger partial charge in [0.15, 0.2) is 0 Å². The molecule has 0 fully saturated rings. The number of aliphatic hydroxyl groups excluding tert-OH is 1. The van der Waals surface area contributed by atoms with Crippen LogP contribution in [0.25, 0.3) is 0 Å². The molecule has 4 heteroatoms. The van der Waals surface area contributed by atoms with E-state index in [2.05, 4.69) is 19.2 Å². The van der Waals surface area contributed by atoms with Gasteiger partial charge in [0.25, 0.3) is 0 Å². The van der Waals surface area contributed by atoms with Crippen LogP contribution >= 0.6 is 0 Å². The normalized spacial score (nSPS) is 15.8. The second kappa shape index (κ2) is 6.86. The van der Waals surface area contributed by atoms with Crippen molar-refractivity contribution < 1.29 is 15.0 Å².